The van der Waals surface area contributed by atoms with Gasteiger partial charge in [-0.15, -0.1) is 10.2 Å². The van der Waals surface area contributed by atoms with Gasteiger partial charge in [0.1, 0.15) is 23.2 Å². The zero-order valence-corrected chi connectivity index (χ0v) is 18.6. The molecule has 0 atom stereocenters. The van der Waals surface area contributed by atoms with Crippen LogP contribution in [0.2, 0.25) is 0 Å². The molecule has 0 saturated heterocycles. The number of ketones is 1. The van der Waals surface area contributed by atoms with Gasteiger partial charge in [0.15, 0.2) is 0 Å². The summed E-state index contributed by atoms with van der Waals surface area (Å²) >= 11 is 0. The third-order valence-electron chi connectivity index (χ3n) is 5.89. The van der Waals surface area contributed by atoms with Gasteiger partial charge in [-0.2, -0.15) is 0 Å². The molecule has 0 N–H and O–H groups in total. The predicted octanol–water partition coefficient (Wildman–Crippen LogP) is 4.96. The molecule has 0 amide bonds. The largest absolute Gasteiger partial charge is 0.496 e. The number of Topliss-reactive ketones (excluding diaryl/α,β-unsaturated/α-hetero) is 1. The molecular formula is C24H35N3O2. The van der Waals surface area contributed by atoms with E-state index in [0.717, 1.165) is 42.2 Å². The lowest BCUT2D eigenvalue weighted by atomic mass is 9.99. The Balaban J connectivity index is 1.57. The monoisotopic (exact) mass is 397 g/mol. The van der Waals surface area contributed by atoms with E-state index < -0.39 is 0 Å². The summed E-state index contributed by atoms with van der Waals surface area (Å²) in [5.41, 5.74) is 3.56. The van der Waals surface area contributed by atoms with Crippen molar-refractivity contribution in [3.63, 3.8) is 0 Å². The molecule has 3 rings (SSSR count). The minimum absolute atomic E-state index is 0.277. The maximum Gasteiger partial charge on any atom is 0.133 e. The van der Waals surface area contributed by atoms with Gasteiger partial charge < -0.3 is 9.30 Å². The zero-order valence-electron chi connectivity index (χ0n) is 18.6. The summed E-state index contributed by atoms with van der Waals surface area (Å²) < 4.78 is 7.82. The molecule has 1 fully saturated rings. The van der Waals surface area contributed by atoms with Gasteiger partial charge in [0.05, 0.1) is 7.11 Å². The molecule has 1 aliphatic carbocycles. The quantitative estimate of drug-likeness (QED) is 0.538. The van der Waals surface area contributed by atoms with Crippen LogP contribution in [0.3, 0.4) is 0 Å². The SMILES string of the molecule is COc1cc(C)c(C)cc1CCC(=O)CCc1nnc(CCC(C)C)n1C1CC1. The van der Waals surface area contributed by atoms with E-state index in [1.807, 2.05) is 0 Å². The first-order chi connectivity index (χ1) is 13.9. The lowest BCUT2D eigenvalue weighted by molar-refractivity contribution is -0.119. The van der Waals surface area contributed by atoms with Crippen LogP contribution in [0.1, 0.15) is 80.3 Å². The Kier molecular flexibility index (Phi) is 7.09. The fraction of sp³-hybridized carbons (Fsp3) is 0.625. The second kappa shape index (κ2) is 9.55. The van der Waals surface area contributed by atoms with Crippen molar-refractivity contribution in [2.75, 3.05) is 7.11 Å². The number of aromatic nitrogens is 3. The van der Waals surface area contributed by atoms with E-state index in [9.17, 15) is 4.79 Å². The first-order valence-corrected chi connectivity index (χ1v) is 11.0. The molecule has 1 heterocycles. The van der Waals surface area contributed by atoms with Crippen LogP contribution < -0.4 is 4.74 Å². The summed E-state index contributed by atoms with van der Waals surface area (Å²) in [6.45, 7) is 8.66. The Labute approximate surface area is 174 Å². The van der Waals surface area contributed by atoms with E-state index in [4.69, 9.17) is 4.74 Å². The van der Waals surface area contributed by atoms with E-state index >= 15 is 0 Å². The standard InChI is InChI=1S/C24H35N3O2/c1-16(2)6-12-23-25-26-24(27(23)20-8-9-20)13-11-21(28)10-7-19-14-17(3)18(4)15-22(19)29-5/h14-16,20H,6-13H2,1-5H3. The molecule has 0 aliphatic heterocycles. The van der Waals surface area contributed by atoms with Crippen molar-refractivity contribution in [1.82, 2.24) is 14.8 Å². The molecule has 5 nitrogen and oxygen atoms in total. The summed E-state index contributed by atoms with van der Waals surface area (Å²) in [6.07, 6.45) is 6.99. The average molecular weight is 398 g/mol. The minimum Gasteiger partial charge on any atom is -0.496 e. The Morgan fingerprint density at radius 3 is 2.31 bits per heavy atom. The number of methoxy groups -OCH3 is 1. The average Bonchev–Trinajstić information content (AvgIpc) is 3.45. The zero-order chi connectivity index (χ0) is 21.0. The maximum absolute atomic E-state index is 12.6. The lowest BCUT2D eigenvalue weighted by Gasteiger charge is -2.12. The summed E-state index contributed by atoms with van der Waals surface area (Å²) in [5.74, 6) is 3.90. The highest BCUT2D eigenvalue weighted by atomic mass is 16.5. The molecule has 1 aromatic carbocycles. The van der Waals surface area contributed by atoms with Crippen molar-refractivity contribution in [3.05, 3.63) is 40.5 Å². The molecule has 1 aromatic heterocycles. The predicted molar refractivity (Wildman–Crippen MR) is 116 cm³/mol. The second-order valence-corrected chi connectivity index (χ2v) is 8.85. The van der Waals surface area contributed by atoms with Gasteiger partial charge in [-0.05, 0) is 68.2 Å². The number of carbonyl (C=O) groups excluding carboxylic acids is 1. The van der Waals surface area contributed by atoms with Crippen molar-refractivity contribution in [1.29, 1.82) is 0 Å². The number of benzene rings is 1. The van der Waals surface area contributed by atoms with Crippen LogP contribution in [0.4, 0.5) is 0 Å². The normalized spacial score (nSPS) is 13.9. The summed E-state index contributed by atoms with van der Waals surface area (Å²) in [4.78, 5) is 12.6. The summed E-state index contributed by atoms with van der Waals surface area (Å²) in [7, 11) is 1.69. The van der Waals surface area contributed by atoms with Gasteiger partial charge in [-0.3, -0.25) is 4.79 Å². The number of hydrogen-bond donors (Lipinski definition) is 0. The molecule has 0 unspecified atom stereocenters. The number of ether oxygens (including phenoxy) is 1. The highest BCUT2D eigenvalue weighted by molar-refractivity contribution is 5.78. The van der Waals surface area contributed by atoms with Crippen LogP contribution in [0, 0.1) is 19.8 Å². The highest BCUT2D eigenvalue weighted by Gasteiger charge is 2.29. The number of nitrogens with zero attached hydrogens (tertiary/aromatic N) is 3. The van der Waals surface area contributed by atoms with Gasteiger partial charge >= 0.3 is 0 Å². The second-order valence-electron chi connectivity index (χ2n) is 8.85. The fourth-order valence-corrected chi connectivity index (χ4v) is 3.76. The Bertz CT molecular complexity index is 850. The van der Waals surface area contributed by atoms with E-state index in [1.54, 1.807) is 7.11 Å². The fourth-order valence-electron chi connectivity index (χ4n) is 3.76. The summed E-state index contributed by atoms with van der Waals surface area (Å²) in [5, 5.41) is 8.88. The Morgan fingerprint density at radius 2 is 1.69 bits per heavy atom. The molecule has 158 valence electrons. The maximum atomic E-state index is 12.6. The molecule has 1 saturated carbocycles. The van der Waals surface area contributed by atoms with Crippen molar-refractivity contribution in [2.24, 2.45) is 5.92 Å². The van der Waals surface area contributed by atoms with Gasteiger partial charge in [0.25, 0.3) is 0 Å². The molecule has 0 radical (unpaired) electrons. The molecule has 2 aromatic rings. The van der Waals surface area contributed by atoms with E-state index in [-0.39, 0.29) is 5.78 Å². The van der Waals surface area contributed by atoms with Crippen molar-refractivity contribution in [3.8, 4) is 5.75 Å². The molecule has 0 spiro atoms. The van der Waals surface area contributed by atoms with Gasteiger partial charge in [0, 0.05) is 31.7 Å². The third kappa shape index (κ3) is 5.68. The first-order valence-electron chi connectivity index (χ1n) is 11.0. The van der Waals surface area contributed by atoms with Crippen LogP contribution in [0.25, 0.3) is 0 Å². The van der Waals surface area contributed by atoms with Gasteiger partial charge in [0.2, 0.25) is 0 Å². The lowest BCUT2D eigenvalue weighted by Crippen LogP contribution is -2.10. The number of aryl methyl sites for hydroxylation is 5. The summed E-state index contributed by atoms with van der Waals surface area (Å²) in [6, 6.07) is 4.76. The van der Waals surface area contributed by atoms with Gasteiger partial charge in [-0.1, -0.05) is 19.9 Å². The Hall–Kier alpha value is -2.17. The minimum atomic E-state index is 0.277. The smallest absolute Gasteiger partial charge is 0.133 e. The van der Waals surface area contributed by atoms with E-state index in [0.29, 0.717) is 31.2 Å². The van der Waals surface area contributed by atoms with Crippen LogP contribution in [-0.2, 0) is 24.1 Å². The molecular weight excluding hydrogens is 362 g/mol. The van der Waals surface area contributed by atoms with Crippen molar-refractivity contribution in [2.45, 2.75) is 85.1 Å². The van der Waals surface area contributed by atoms with E-state index in [2.05, 4.69) is 54.6 Å². The van der Waals surface area contributed by atoms with Crippen LogP contribution in [0.15, 0.2) is 12.1 Å². The number of rotatable bonds is 11. The van der Waals surface area contributed by atoms with Crippen molar-refractivity contribution >= 4 is 5.78 Å². The van der Waals surface area contributed by atoms with E-state index in [1.165, 1.54) is 24.0 Å². The van der Waals surface area contributed by atoms with Crippen LogP contribution in [-0.4, -0.2) is 27.7 Å². The first kappa shape index (κ1) is 21.5. The van der Waals surface area contributed by atoms with Crippen LogP contribution in [0.5, 0.6) is 5.75 Å². The third-order valence-corrected chi connectivity index (χ3v) is 5.89. The Morgan fingerprint density at radius 1 is 1.07 bits per heavy atom. The molecule has 0 bridgehead atoms. The number of hydrogen-bond acceptors (Lipinski definition) is 4. The number of carbonyl (C=O) groups is 1. The van der Waals surface area contributed by atoms with Gasteiger partial charge in [-0.25, -0.2) is 0 Å². The topological polar surface area (TPSA) is 57.0 Å². The molecule has 29 heavy (non-hydrogen) atoms. The van der Waals surface area contributed by atoms with Crippen LogP contribution >= 0.6 is 0 Å². The molecule has 5 heteroatoms. The highest BCUT2D eigenvalue weighted by Crippen LogP contribution is 2.37. The molecule has 1 aliphatic rings. The van der Waals surface area contributed by atoms with Crippen molar-refractivity contribution < 1.29 is 9.53 Å².